The molecule has 0 aliphatic heterocycles. The molecule has 1 fully saturated rings. The van der Waals surface area contributed by atoms with Crippen LogP contribution in [0.5, 0.6) is 0 Å². The van der Waals surface area contributed by atoms with Gasteiger partial charge in [0.25, 0.3) is 0 Å². The van der Waals surface area contributed by atoms with Crippen LogP contribution in [0.2, 0.25) is 0 Å². The fourth-order valence-electron chi connectivity index (χ4n) is 3.25. The van der Waals surface area contributed by atoms with Gasteiger partial charge in [0, 0.05) is 5.92 Å². The highest BCUT2D eigenvalue weighted by Crippen LogP contribution is 2.48. The van der Waals surface area contributed by atoms with E-state index in [0.29, 0.717) is 11.8 Å². The van der Waals surface area contributed by atoms with Gasteiger partial charge in [0.2, 0.25) is 0 Å². The highest BCUT2D eigenvalue weighted by molar-refractivity contribution is 5.15. The molecule has 0 aromatic carbocycles. The molecule has 0 radical (unpaired) electrons. The molecule has 0 spiro atoms. The topological polar surface area (TPSA) is 20.2 Å². The van der Waals surface area contributed by atoms with E-state index in [4.69, 9.17) is 0 Å². The van der Waals surface area contributed by atoms with Crippen LogP contribution in [0.25, 0.3) is 0 Å². The van der Waals surface area contributed by atoms with Gasteiger partial charge >= 0.3 is 0 Å². The van der Waals surface area contributed by atoms with Gasteiger partial charge in [-0.25, -0.2) is 0 Å². The van der Waals surface area contributed by atoms with Crippen LogP contribution in [0.3, 0.4) is 0 Å². The van der Waals surface area contributed by atoms with Crippen LogP contribution in [0.15, 0.2) is 24.8 Å². The molecule has 1 aliphatic rings. The van der Waals surface area contributed by atoms with E-state index >= 15 is 0 Å². The summed E-state index contributed by atoms with van der Waals surface area (Å²) in [5.41, 5.74) is 1.09. The molecule has 1 N–H and O–H groups in total. The Kier molecular flexibility index (Phi) is 4.01. The van der Waals surface area contributed by atoms with Crippen molar-refractivity contribution in [2.75, 3.05) is 0 Å². The Labute approximate surface area is 100 Å². The minimum atomic E-state index is -0.269. The third-order valence-corrected chi connectivity index (χ3v) is 4.36. The Morgan fingerprint density at radius 3 is 2.44 bits per heavy atom. The molecule has 1 heteroatoms. The van der Waals surface area contributed by atoms with Gasteiger partial charge in [-0.3, -0.25) is 0 Å². The number of allylic oxidation sites excluding steroid dienone is 1. The van der Waals surface area contributed by atoms with E-state index in [9.17, 15) is 5.11 Å². The zero-order chi connectivity index (χ0) is 12.5. The minimum Gasteiger partial charge on any atom is -0.392 e. The highest BCUT2D eigenvalue weighted by atomic mass is 16.3. The van der Waals surface area contributed by atoms with E-state index in [1.54, 1.807) is 0 Å². The van der Waals surface area contributed by atoms with Crippen molar-refractivity contribution in [1.82, 2.24) is 0 Å². The second kappa shape index (κ2) is 4.75. The van der Waals surface area contributed by atoms with Gasteiger partial charge in [-0.05, 0) is 37.0 Å². The summed E-state index contributed by atoms with van der Waals surface area (Å²) in [7, 11) is 0. The van der Waals surface area contributed by atoms with Crippen molar-refractivity contribution in [2.45, 2.75) is 46.6 Å². The van der Waals surface area contributed by atoms with Gasteiger partial charge in [0.05, 0.1) is 6.10 Å². The molecule has 0 bridgehead atoms. The van der Waals surface area contributed by atoms with Gasteiger partial charge in [0.1, 0.15) is 0 Å². The fourth-order valence-corrected chi connectivity index (χ4v) is 3.25. The van der Waals surface area contributed by atoms with E-state index in [-0.39, 0.29) is 17.4 Å². The Balaban J connectivity index is 3.01. The lowest BCUT2D eigenvalue weighted by molar-refractivity contribution is -0.0362. The molecule has 0 unspecified atom stereocenters. The summed E-state index contributed by atoms with van der Waals surface area (Å²) >= 11 is 0. The molecule has 0 amide bonds. The number of aliphatic hydroxyl groups is 1. The van der Waals surface area contributed by atoms with Crippen LogP contribution in [0, 0.1) is 23.2 Å². The van der Waals surface area contributed by atoms with Crippen molar-refractivity contribution in [3.63, 3.8) is 0 Å². The van der Waals surface area contributed by atoms with Crippen molar-refractivity contribution in [2.24, 2.45) is 23.2 Å². The van der Waals surface area contributed by atoms with Gasteiger partial charge < -0.3 is 5.11 Å². The van der Waals surface area contributed by atoms with Crippen molar-refractivity contribution in [3.8, 4) is 0 Å². The van der Waals surface area contributed by atoms with E-state index < -0.39 is 0 Å². The summed E-state index contributed by atoms with van der Waals surface area (Å²) in [6.07, 6.45) is 3.93. The summed E-state index contributed by atoms with van der Waals surface area (Å²) < 4.78 is 0. The van der Waals surface area contributed by atoms with Crippen LogP contribution >= 0.6 is 0 Å². The summed E-state index contributed by atoms with van der Waals surface area (Å²) in [5, 5.41) is 10.5. The predicted octanol–water partition coefficient (Wildman–Crippen LogP) is 3.80. The van der Waals surface area contributed by atoms with E-state index in [0.717, 1.165) is 18.4 Å². The second-order valence-corrected chi connectivity index (χ2v) is 5.97. The molecule has 0 heterocycles. The standard InChI is InChI=1S/C15H26O/c1-7-15(6)9-8-12(10(2)3)14(16)13(15)11(4)5/h7,10,12-14,16H,1,4,8-9H2,2-3,5-6H3/t12-,13+,14+,15+/m0/s1. The van der Waals surface area contributed by atoms with Crippen molar-refractivity contribution in [3.05, 3.63) is 24.8 Å². The van der Waals surface area contributed by atoms with E-state index in [2.05, 4.69) is 33.9 Å². The van der Waals surface area contributed by atoms with Gasteiger partial charge in [-0.1, -0.05) is 39.0 Å². The molecule has 1 aliphatic carbocycles. The third-order valence-electron chi connectivity index (χ3n) is 4.36. The molecule has 4 atom stereocenters. The quantitative estimate of drug-likeness (QED) is 0.720. The molecular weight excluding hydrogens is 196 g/mol. The number of aliphatic hydroxyl groups excluding tert-OH is 1. The first kappa shape index (κ1) is 13.5. The third kappa shape index (κ3) is 2.24. The molecular formula is C15H26O. The van der Waals surface area contributed by atoms with Crippen LogP contribution in [-0.2, 0) is 0 Å². The van der Waals surface area contributed by atoms with Crippen molar-refractivity contribution < 1.29 is 5.11 Å². The Morgan fingerprint density at radius 1 is 1.50 bits per heavy atom. The number of hydrogen-bond acceptors (Lipinski definition) is 1. The molecule has 0 aromatic rings. The zero-order valence-corrected chi connectivity index (χ0v) is 11.2. The van der Waals surface area contributed by atoms with Crippen molar-refractivity contribution >= 4 is 0 Å². The maximum Gasteiger partial charge on any atom is 0.0644 e. The maximum atomic E-state index is 10.5. The van der Waals surface area contributed by atoms with Crippen molar-refractivity contribution in [1.29, 1.82) is 0 Å². The average molecular weight is 222 g/mol. The van der Waals surface area contributed by atoms with Crippen LogP contribution < -0.4 is 0 Å². The zero-order valence-electron chi connectivity index (χ0n) is 11.2. The lowest BCUT2D eigenvalue weighted by atomic mass is 9.59. The number of rotatable bonds is 3. The molecule has 0 aromatic heterocycles. The Hall–Kier alpha value is -0.560. The fraction of sp³-hybridized carbons (Fsp3) is 0.733. The molecule has 1 nitrogen and oxygen atoms in total. The van der Waals surface area contributed by atoms with Crippen LogP contribution in [-0.4, -0.2) is 11.2 Å². The SMILES string of the molecule is C=C[C@]1(C)CC[C@@H](C(C)C)[C@@H](O)[C@H]1C(=C)C. The first-order valence-corrected chi connectivity index (χ1v) is 6.30. The summed E-state index contributed by atoms with van der Waals surface area (Å²) in [4.78, 5) is 0. The smallest absolute Gasteiger partial charge is 0.0644 e. The maximum absolute atomic E-state index is 10.5. The summed E-state index contributed by atoms with van der Waals surface area (Å²) in [6.45, 7) is 16.6. The second-order valence-electron chi connectivity index (χ2n) is 5.97. The molecule has 92 valence electrons. The summed E-state index contributed by atoms with van der Waals surface area (Å²) in [6, 6.07) is 0. The average Bonchev–Trinajstić information content (AvgIpc) is 2.16. The Bertz CT molecular complexity index is 279. The lowest BCUT2D eigenvalue weighted by Gasteiger charge is -2.48. The van der Waals surface area contributed by atoms with Gasteiger partial charge in [0.15, 0.2) is 0 Å². The largest absolute Gasteiger partial charge is 0.392 e. The van der Waals surface area contributed by atoms with Gasteiger partial charge in [-0.15, -0.1) is 6.58 Å². The minimum absolute atomic E-state index is 0.0106. The first-order valence-electron chi connectivity index (χ1n) is 6.30. The Morgan fingerprint density at radius 2 is 2.06 bits per heavy atom. The normalized spacial score (nSPS) is 39.8. The van der Waals surface area contributed by atoms with E-state index in [1.807, 2.05) is 13.0 Å². The lowest BCUT2D eigenvalue weighted by Crippen LogP contribution is -2.46. The molecule has 1 rings (SSSR count). The first-order chi connectivity index (χ1) is 7.33. The predicted molar refractivity (Wildman–Crippen MR) is 70.2 cm³/mol. The van der Waals surface area contributed by atoms with E-state index in [1.165, 1.54) is 0 Å². The highest BCUT2D eigenvalue weighted by Gasteiger charge is 2.45. The van der Waals surface area contributed by atoms with Crippen LogP contribution in [0.1, 0.15) is 40.5 Å². The van der Waals surface area contributed by atoms with Gasteiger partial charge in [-0.2, -0.15) is 0 Å². The summed E-state index contributed by atoms with van der Waals surface area (Å²) in [5.74, 6) is 1.09. The molecule has 0 saturated heterocycles. The molecule has 16 heavy (non-hydrogen) atoms. The molecule has 1 saturated carbocycles. The monoisotopic (exact) mass is 222 g/mol. The van der Waals surface area contributed by atoms with Crippen LogP contribution in [0.4, 0.5) is 0 Å². The number of hydrogen-bond donors (Lipinski definition) is 1.